The first kappa shape index (κ1) is 38.8. The molecular formula is C34H51N9O6S. The molecule has 274 valence electrons. The van der Waals surface area contributed by atoms with E-state index >= 15 is 0 Å². The fraction of sp³-hybridized carbons (Fsp3) is 0.559. The van der Waals surface area contributed by atoms with Gasteiger partial charge in [0.2, 0.25) is 11.9 Å². The lowest BCUT2D eigenvalue weighted by Crippen LogP contribution is -2.48. The SMILES string of the molecule is CCCCCNc1nc(N)nc2ccn(Cc3ccc(CN4CCN(CCNC(=O)CC(SC[C@H](N)C(=O)CO)C(=O)O)CC4)cc3OC)c12. The van der Waals surface area contributed by atoms with E-state index in [9.17, 15) is 19.5 Å². The lowest BCUT2D eigenvalue weighted by molar-refractivity contribution is -0.138. The molecule has 0 spiro atoms. The van der Waals surface area contributed by atoms with E-state index in [1.54, 1.807) is 7.11 Å². The number of fused-ring (bicyclic) bond motifs is 1. The average molecular weight is 714 g/mol. The van der Waals surface area contributed by atoms with Crippen LogP contribution >= 0.6 is 11.8 Å². The van der Waals surface area contributed by atoms with Crippen LogP contribution in [0.1, 0.15) is 43.7 Å². The first-order chi connectivity index (χ1) is 24.1. The van der Waals surface area contributed by atoms with Crippen molar-refractivity contribution in [3.05, 3.63) is 41.6 Å². The van der Waals surface area contributed by atoms with Crippen LogP contribution in [0, 0.1) is 0 Å². The largest absolute Gasteiger partial charge is 0.496 e. The van der Waals surface area contributed by atoms with Crippen LogP contribution in [0.15, 0.2) is 30.5 Å². The molecule has 15 nitrogen and oxygen atoms in total. The van der Waals surface area contributed by atoms with Crippen molar-refractivity contribution in [2.45, 2.75) is 57.0 Å². The van der Waals surface area contributed by atoms with E-state index < -0.39 is 29.7 Å². The van der Waals surface area contributed by atoms with Gasteiger partial charge in [0, 0.05) is 76.3 Å². The number of nitrogen functional groups attached to an aromatic ring is 1. The molecule has 1 aliphatic heterocycles. The number of hydrogen-bond acceptors (Lipinski definition) is 13. The number of nitrogens with zero attached hydrogens (tertiary/aromatic N) is 5. The Labute approximate surface area is 297 Å². The van der Waals surface area contributed by atoms with Gasteiger partial charge in [0.15, 0.2) is 11.6 Å². The highest BCUT2D eigenvalue weighted by molar-refractivity contribution is 8.00. The number of carboxylic acid groups (broad SMARTS) is 1. The maximum absolute atomic E-state index is 12.4. The summed E-state index contributed by atoms with van der Waals surface area (Å²) in [5, 5.41) is 23.6. The summed E-state index contributed by atoms with van der Waals surface area (Å²) in [5.41, 5.74) is 15.6. The van der Waals surface area contributed by atoms with Gasteiger partial charge in [-0.2, -0.15) is 4.98 Å². The molecule has 1 saturated heterocycles. The number of rotatable bonds is 21. The molecule has 1 unspecified atom stereocenters. The quantitative estimate of drug-likeness (QED) is 0.0861. The van der Waals surface area contributed by atoms with E-state index in [4.69, 9.17) is 21.3 Å². The van der Waals surface area contributed by atoms with Gasteiger partial charge >= 0.3 is 5.97 Å². The molecule has 2 atom stereocenters. The standard InChI is InChI=1S/C34H51N9O6S/c1-3-4-5-9-38-32-31-26(39-34(36)40-32)8-11-43(31)20-24-7-6-23(17-28(24)49-2)19-42-15-13-41(14-16-42)12-10-37-30(46)18-29(33(47)48)50-22-25(35)27(45)21-44/h6-8,11,17,25,29,44H,3-5,9-10,12-16,18-22,35H2,1-2H3,(H,37,46)(H,47,48)(H3,36,38,39,40)/t25-,29?/m0/s1. The van der Waals surface area contributed by atoms with Crippen molar-refractivity contribution >= 4 is 52.2 Å². The number of aliphatic hydroxyl groups excluding tert-OH is 1. The van der Waals surface area contributed by atoms with Gasteiger partial charge < -0.3 is 41.6 Å². The van der Waals surface area contributed by atoms with Crippen molar-refractivity contribution in [2.24, 2.45) is 5.73 Å². The molecule has 0 aliphatic carbocycles. The van der Waals surface area contributed by atoms with Gasteiger partial charge in [-0.3, -0.25) is 24.2 Å². The Hall–Kier alpha value is -3.96. The number of amides is 1. The molecule has 50 heavy (non-hydrogen) atoms. The van der Waals surface area contributed by atoms with E-state index in [1.807, 2.05) is 12.3 Å². The highest BCUT2D eigenvalue weighted by atomic mass is 32.2. The van der Waals surface area contributed by atoms with Crippen LogP contribution in [0.2, 0.25) is 0 Å². The Morgan fingerprint density at radius 3 is 2.52 bits per heavy atom. The van der Waals surface area contributed by atoms with Crippen LogP contribution in [-0.2, 0) is 27.5 Å². The first-order valence-electron chi connectivity index (χ1n) is 17.1. The number of aliphatic carboxylic acids is 1. The zero-order valence-electron chi connectivity index (χ0n) is 29.0. The molecule has 4 rings (SSSR count). The van der Waals surface area contributed by atoms with Gasteiger partial charge in [-0.1, -0.05) is 31.9 Å². The van der Waals surface area contributed by atoms with Crippen molar-refractivity contribution in [3.63, 3.8) is 0 Å². The summed E-state index contributed by atoms with van der Waals surface area (Å²) in [4.78, 5) is 49.1. The molecule has 0 bridgehead atoms. The molecule has 2 aromatic heterocycles. The van der Waals surface area contributed by atoms with Crippen molar-refractivity contribution in [2.75, 3.05) is 76.3 Å². The highest BCUT2D eigenvalue weighted by Crippen LogP contribution is 2.27. The summed E-state index contributed by atoms with van der Waals surface area (Å²) in [5.74, 6) is -0.263. The van der Waals surface area contributed by atoms with Gasteiger partial charge in [-0.15, -0.1) is 11.8 Å². The number of anilines is 2. The first-order valence-corrected chi connectivity index (χ1v) is 18.1. The number of ketones is 1. The number of nitrogens with one attached hydrogen (secondary N) is 2. The van der Waals surface area contributed by atoms with Crippen molar-refractivity contribution in [3.8, 4) is 5.75 Å². The van der Waals surface area contributed by atoms with E-state index in [2.05, 4.69) is 60.1 Å². The third-order valence-corrected chi connectivity index (χ3v) is 10.0. The lowest BCUT2D eigenvalue weighted by Gasteiger charge is -2.34. The third kappa shape index (κ3) is 11.3. The number of methoxy groups -OCH3 is 1. The van der Waals surface area contributed by atoms with Crippen LogP contribution in [0.25, 0.3) is 11.0 Å². The number of unbranched alkanes of at least 4 members (excludes halogenated alkanes) is 2. The van der Waals surface area contributed by atoms with Crippen LogP contribution in [0.4, 0.5) is 11.8 Å². The molecule has 0 saturated carbocycles. The Balaban J connectivity index is 1.24. The number of thioether (sulfide) groups is 1. The Bertz CT molecular complexity index is 1580. The van der Waals surface area contributed by atoms with Crippen molar-refractivity contribution in [1.82, 2.24) is 29.7 Å². The fourth-order valence-electron chi connectivity index (χ4n) is 5.83. The number of carboxylic acids is 1. The minimum atomic E-state index is -1.15. The minimum absolute atomic E-state index is 0.0140. The lowest BCUT2D eigenvalue weighted by atomic mass is 10.1. The maximum atomic E-state index is 12.4. The Morgan fingerprint density at radius 2 is 1.82 bits per heavy atom. The van der Waals surface area contributed by atoms with E-state index in [1.165, 1.54) is 0 Å². The minimum Gasteiger partial charge on any atom is -0.496 e. The summed E-state index contributed by atoms with van der Waals surface area (Å²) >= 11 is 0.927. The molecule has 1 aliphatic rings. The van der Waals surface area contributed by atoms with E-state index in [0.29, 0.717) is 19.6 Å². The maximum Gasteiger partial charge on any atom is 0.317 e. The van der Waals surface area contributed by atoms with Crippen LogP contribution in [0.5, 0.6) is 5.75 Å². The molecule has 1 fully saturated rings. The molecule has 16 heteroatoms. The van der Waals surface area contributed by atoms with E-state index in [0.717, 1.165) is 104 Å². The number of nitrogens with two attached hydrogens (primary N) is 2. The number of benzene rings is 1. The molecule has 1 aromatic carbocycles. The van der Waals surface area contributed by atoms with Gasteiger partial charge in [-0.25, -0.2) is 4.98 Å². The summed E-state index contributed by atoms with van der Waals surface area (Å²) < 4.78 is 7.95. The molecule has 8 N–H and O–H groups in total. The molecule has 3 heterocycles. The second-order valence-electron chi connectivity index (χ2n) is 12.5. The number of aromatic nitrogens is 3. The molecular weight excluding hydrogens is 662 g/mol. The second-order valence-corrected chi connectivity index (χ2v) is 13.7. The molecule has 3 aromatic rings. The fourth-order valence-corrected chi connectivity index (χ4v) is 6.87. The summed E-state index contributed by atoms with van der Waals surface area (Å²) in [7, 11) is 1.69. The normalized spacial score (nSPS) is 15.1. The molecule has 0 radical (unpaired) electrons. The van der Waals surface area contributed by atoms with Gasteiger partial charge in [-0.05, 0) is 24.1 Å². The topological polar surface area (TPSA) is 214 Å². The number of piperazine rings is 1. The summed E-state index contributed by atoms with van der Waals surface area (Å²) in [6.07, 6.45) is 5.12. The zero-order valence-corrected chi connectivity index (χ0v) is 29.8. The number of aliphatic hydroxyl groups is 1. The van der Waals surface area contributed by atoms with Gasteiger partial charge in [0.25, 0.3) is 0 Å². The van der Waals surface area contributed by atoms with Crippen molar-refractivity contribution in [1.29, 1.82) is 0 Å². The van der Waals surface area contributed by atoms with Gasteiger partial charge in [0.1, 0.15) is 23.1 Å². The van der Waals surface area contributed by atoms with Crippen molar-refractivity contribution < 1.29 is 29.3 Å². The van der Waals surface area contributed by atoms with Gasteiger partial charge in [0.05, 0.1) is 25.2 Å². The third-order valence-electron chi connectivity index (χ3n) is 8.71. The predicted molar refractivity (Wildman–Crippen MR) is 195 cm³/mol. The highest BCUT2D eigenvalue weighted by Gasteiger charge is 2.25. The Morgan fingerprint density at radius 1 is 1.06 bits per heavy atom. The monoisotopic (exact) mass is 713 g/mol. The number of ether oxygens (including phenoxy) is 1. The second kappa shape index (κ2) is 19.4. The Kier molecular flexibility index (Phi) is 15.1. The number of carbonyl (C=O) groups is 3. The summed E-state index contributed by atoms with van der Waals surface area (Å²) in [6, 6.07) is 7.34. The zero-order chi connectivity index (χ0) is 36.0. The molecule has 1 amide bonds. The number of hydrogen-bond donors (Lipinski definition) is 6. The number of Topliss-reactive ketones (excluding diaryl/α,β-unsaturated/α-hetero) is 1. The summed E-state index contributed by atoms with van der Waals surface area (Å²) in [6.45, 7) is 8.17. The smallest absolute Gasteiger partial charge is 0.317 e. The predicted octanol–water partition coefficient (Wildman–Crippen LogP) is 1.37. The number of carbonyl (C=O) groups excluding carboxylic acids is 2. The van der Waals surface area contributed by atoms with Crippen LogP contribution in [-0.4, -0.2) is 129 Å². The van der Waals surface area contributed by atoms with E-state index in [-0.39, 0.29) is 24.0 Å². The average Bonchev–Trinajstić information content (AvgIpc) is 3.51. The van der Waals surface area contributed by atoms with Crippen LogP contribution in [0.3, 0.4) is 0 Å². The van der Waals surface area contributed by atoms with Crippen LogP contribution < -0.4 is 26.8 Å².